The molecular weight excluding hydrogens is 364 g/mol. The van der Waals surface area contributed by atoms with Crippen molar-refractivity contribution in [2.45, 2.75) is 51.6 Å². The van der Waals surface area contributed by atoms with E-state index in [1.54, 1.807) is 4.57 Å². The summed E-state index contributed by atoms with van der Waals surface area (Å²) in [4.78, 5) is 26.3. The molecule has 0 radical (unpaired) electrons. The zero-order valence-corrected chi connectivity index (χ0v) is 16.6. The van der Waals surface area contributed by atoms with E-state index in [0.717, 1.165) is 36.8 Å². The summed E-state index contributed by atoms with van der Waals surface area (Å²) in [5.41, 5.74) is 1.91. The second-order valence-corrected chi connectivity index (χ2v) is 7.93. The molecule has 5 heteroatoms. The molecule has 0 aliphatic heterocycles. The third-order valence-electron chi connectivity index (χ3n) is 5.74. The molecule has 150 valence electrons. The predicted molar refractivity (Wildman–Crippen MR) is 114 cm³/mol. The largest absolute Gasteiger partial charge is 0.506 e. The van der Waals surface area contributed by atoms with Crippen LogP contribution in [-0.4, -0.2) is 21.6 Å². The Bertz CT molecular complexity index is 1100. The van der Waals surface area contributed by atoms with Crippen molar-refractivity contribution in [1.82, 2.24) is 9.88 Å². The number of carbonyl (C=O) groups is 1. The zero-order valence-electron chi connectivity index (χ0n) is 16.6. The van der Waals surface area contributed by atoms with E-state index in [4.69, 9.17) is 0 Å². The number of hydrogen-bond donors (Lipinski definition) is 2. The van der Waals surface area contributed by atoms with Gasteiger partial charge in [0.25, 0.3) is 11.5 Å². The van der Waals surface area contributed by atoms with Gasteiger partial charge in [-0.25, -0.2) is 0 Å². The molecule has 5 nitrogen and oxygen atoms in total. The number of nitrogens with one attached hydrogen (secondary N) is 1. The quantitative estimate of drug-likeness (QED) is 0.704. The van der Waals surface area contributed by atoms with Crippen molar-refractivity contribution in [1.29, 1.82) is 0 Å². The molecule has 1 amide bonds. The Morgan fingerprint density at radius 2 is 1.83 bits per heavy atom. The number of aromatic nitrogens is 1. The monoisotopic (exact) mass is 390 g/mol. The lowest BCUT2D eigenvalue weighted by Gasteiger charge is -2.23. The highest BCUT2D eigenvalue weighted by atomic mass is 16.3. The maximum absolute atomic E-state index is 13.3. The van der Waals surface area contributed by atoms with Crippen molar-refractivity contribution < 1.29 is 9.90 Å². The van der Waals surface area contributed by atoms with Gasteiger partial charge in [-0.1, -0.05) is 61.2 Å². The third-order valence-corrected chi connectivity index (χ3v) is 5.74. The van der Waals surface area contributed by atoms with Gasteiger partial charge >= 0.3 is 0 Å². The molecule has 0 bridgehead atoms. The summed E-state index contributed by atoms with van der Waals surface area (Å²) in [5.74, 6) is -0.712. The molecule has 1 fully saturated rings. The average Bonchev–Trinajstić information content (AvgIpc) is 2.73. The molecule has 0 spiro atoms. The second kappa shape index (κ2) is 8.11. The lowest BCUT2D eigenvalue weighted by molar-refractivity contribution is 0.0923. The highest BCUT2D eigenvalue weighted by Crippen LogP contribution is 2.28. The summed E-state index contributed by atoms with van der Waals surface area (Å²) in [6.45, 7) is 2.26. The second-order valence-electron chi connectivity index (χ2n) is 7.93. The Balaban J connectivity index is 1.83. The number of hydrogen-bond acceptors (Lipinski definition) is 3. The molecule has 1 aliphatic carbocycles. The molecule has 1 heterocycles. The van der Waals surface area contributed by atoms with E-state index in [0.29, 0.717) is 17.4 Å². The van der Waals surface area contributed by atoms with Crippen LogP contribution in [0.25, 0.3) is 10.9 Å². The van der Waals surface area contributed by atoms with Gasteiger partial charge < -0.3 is 15.0 Å². The first kappa shape index (κ1) is 19.2. The van der Waals surface area contributed by atoms with E-state index in [1.807, 2.05) is 55.5 Å². The van der Waals surface area contributed by atoms with Gasteiger partial charge in [0.15, 0.2) is 0 Å². The number of benzene rings is 2. The molecule has 2 aromatic carbocycles. The SMILES string of the molecule is Cc1ccc2c(c1)c(O)c(C(=O)NC1CCCCC1)c(=O)n2Cc1ccccc1. The van der Waals surface area contributed by atoms with Crippen molar-refractivity contribution >= 4 is 16.8 Å². The number of aryl methyl sites for hydroxylation is 1. The van der Waals surface area contributed by atoms with E-state index >= 15 is 0 Å². The van der Waals surface area contributed by atoms with Gasteiger partial charge in [-0.05, 0) is 37.5 Å². The Kier molecular flexibility index (Phi) is 5.38. The van der Waals surface area contributed by atoms with E-state index in [9.17, 15) is 14.7 Å². The van der Waals surface area contributed by atoms with Crippen LogP contribution in [0.2, 0.25) is 0 Å². The summed E-state index contributed by atoms with van der Waals surface area (Å²) in [6, 6.07) is 15.3. The van der Waals surface area contributed by atoms with Gasteiger partial charge in [0.05, 0.1) is 12.1 Å². The first-order chi connectivity index (χ1) is 14.0. The smallest absolute Gasteiger partial charge is 0.268 e. The van der Waals surface area contributed by atoms with Crippen LogP contribution in [0.4, 0.5) is 0 Å². The fraction of sp³-hybridized carbons (Fsp3) is 0.333. The Hall–Kier alpha value is -3.08. The lowest BCUT2D eigenvalue weighted by atomic mass is 9.95. The first-order valence-electron chi connectivity index (χ1n) is 10.3. The Morgan fingerprint density at radius 3 is 2.55 bits per heavy atom. The highest BCUT2D eigenvalue weighted by molar-refractivity contribution is 6.02. The van der Waals surface area contributed by atoms with Crippen molar-refractivity contribution in [2.24, 2.45) is 0 Å². The van der Waals surface area contributed by atoms with E-state index in [1.165, 1.54) is 6.42 Å². The van der Waals surface area contributed by atoms with Crippen LogP contribution in [0.5, 0.6) is 5.75 Å². The van der Waals surface area contributed by atoms with Crippen LogP contribution in [0.1, 0.15) is 53.6 Å². The van der Waals surface area contributed by atoms with Crippen molar-refractivity contribution in [2.75, 3.05) is 0 Å². The van der Waals surface area contributed by atoms with Crippen LogP contribution in [0.15, 0.2) is 53.3 Å². The number of fused-ring (bicyclic) bond motifs is 1. The molecular formula is C24H26N2O3. The van der Waals surface area contributed by atoms with Crippen LogP contribution in [-0.2, 0) is 6.54 Å². The molecule has 4 rings (SSSR count). The fourth-order valence-corrected chi connectivity index (χ4v) is 4.19. The molecule has 3 aromatic rings. The van der Waals surface area contributed by atoms with Crippen LogP contribution in [0.3, 0.4) is 0 Å². The highest BCUT2D eigenvalue weighted by Gasteiger charge is 2.25. The number of pyridine rings is 1. The minimum absolute atomic E-state index is 0.0610. The molecule has 2 N–H and O–H groups in total. The summed E-state index contributed by atoms with van der Waals surface area (Å²) in [5, 5.41) is 14.4. The maximum atomic E-state index is 13.3. The van der Waals surface area contributed by atoms with Gasteiger partial charge in [0.1, 0.15) is 11.3 Å². The van der Waals surface area contributed by atoms with E-state index in [-0.39, 0.29) is 17.4 Å². The minimum atomic E-state index is -0.482. The molecule has 1 aromatic heterocycles. The van der Waals surface area contributed by atoms with Crippen LogP contribution < -0.4 is 10.9 Å². The van der Waals surface area contributed by atoms with Gasteiger partial charge in [-0.2, -0.15) is 0 Å². The first-order valence-corrected chi connectivity index (χ1v) is 10.3. The third kappa shape index (κ3) is 3.90. The minimum Gasteiger partial charge on any atom is -0.506 e. The zero-order chi connectivity index (χ0) is 20.4. The summed E-state index contributed by atoms with van der Waals surface area (Å²) in [7, 11) is 0. The van der Waals surface area contributed by atoms with E-state index < -0.39 is 11.5 Å². The van der Waals surface area contributed by atoms with Gasteiger partial charge in [-0.15, -0.1) is 0 Å². The summed E-state index contributed by atoms with van der Waals surface area (Å²) in [6.07, 6.45) is 5.16. The molecule has 29 heavy (non-hydrogen) atoms. The standard InChI is InChI=1S/C24H26N2O3/c1-16-12-13-20-19(14-16)22(27)21(23(28)25-18-10-6-3-7-11-18)24(29)26(20)15-17-8-4-2-5-9-17/h2,4-5,8-9,12-14,18,27H,3,6-7,10-11,15H2,1H3,(H,25,28). The average molecular weight is 390 g/mol. The van der Waals surface area contributed by atoms with Crippen LogP contribution >= 0.6 is 0 Å². The fourth-order valence-electron chi connectivity index (χ4n) is 4.19. The number of nitrogens with zero attached hydrogens (tertiary/aromatic N) is 1. The van der Waals surface area contributed by atoms with Gasteiger partial charge in [0.2, 0.25) is 0 Å². The number of aromatic hydroxyl groups is 1. The van der Waals surface area contributed by atoms with Crippen molar-refractivity contribution in [3.8, 4) is 5.75 Å². The maximum Gasteiger partial charge on any atom is 0.268 e. The van der Waals surface area contributed by atoms with Crippen LogP contribution in [0, 0.1) is 6.92 Å². The summed E-state index contributed by atoms with van der Waals surface area (Å²) < 4.78 is 1.58. The molecule has 1 saturated carbocycles. The predicted octanol–water partition coefficient (Wildman–Crippen LogP) is 4.13. The topological polar surface area (TPSA) is 71.3 Å². The Labute approximate surface area is 170 Å². The summed E-state index contributed by atoms with van der Waals surface area (Å²) >= 11 is 0. The number of amides is 1. The van der Waals surface area contributed by atoms with Gasteiger partial charge in [0, 0.05) is 11.4 Å². The number of carbonyl (C=O) groups excluding carboxylic acids is 1. The van der Waals surface area contributed by atoms with E-state index in [2.05, 4.69) is 5.32 Å². The molecule has 0 unspecified atom stereocenters. The molecule has 0 atom stereocenters. The molecule has 1 aliphatic rings. The van der Waals surface area contributed by atoms with Crippen molar-refractivity contribution in [3.05, 3.63) is 75.6 Å². The lowest BCUT2D eigenvalue weighted by Crippen LogP contribution is -2.40. The molecule has 0 saturated heterocycles. The normalized spacial score (nSPS) is 14.8. The number of rotatable bonds is 4. The Morgan fingerprint density at radius 1 is 1.10 bits per heavy atom. The van der Waals surface area contributed by atoms with Gasteiger partial charge in [-0.3, -0.25) is 9.59 Å². The van der Waals surface area contributed by atoms with Crippen molar-refractivity contribution in [3.63, 3.8) is 0 Å².